The first-order chi connectivity index (χ1) is 11.1. The van der Waals surface area contributed by atoms with Crippen molar-refractivity contribution < 1.29 is 4.79 Å². The standard InChI is InChI=1S/C18H20BrN3O/c1-14-3-2-4-16(13-14)20-18(23)22-11-9-21(10-12-22)17-7-5-15(19)6-8-17/h2-8,13H,9-12H2,1H3,(H,20,23). The van der Waals surface area contributed by atoms with Crippen LogP contribution in [0.15, 0.2) is 53.0 Å². The lowest BCUT2D eigenvalue weighted by Crippen LogP contribution is -2.50. The Morgan fingerprint density at radius 3 is 2.39 bits per heavy atom. The summed E-state index contributed by atoms with van der Waals surface area (Å²) in [6.45, 7) is 5.18. The molecule has 2 aromatic rings. The number of aryl methyl sites for hydroxylation is 1. The number of amides is 2. The zero-order chi connectivity index (χ0) is 16.2. The van der Waals surface area contributed by atoms with Gasteiger partial charge in [0.1, 0.15) is 0 Å². The van der Waals surface area contributed by atoms with Gasteiger partial charge in [-0.15, -0.1) is 0 Å². The van der Waals surface area contributed by atoms with Crippen LogP contribution in [0.4, 0.5) is 16.2 Å². The van der Waals surface area contributed by atoms with Crippen molar-refractivity contribution in [2.45, 2.75) is 6.92 Å². The summed E-state index contributed by atoms with van der Waals surface area (Å²) >= 11 is 3.45. The predicted octanol–water partition coefficient (Wildman–Crippen LogP) is 4.11. The fourth-order valence-corrected chi connectivity index (χ4v) is 3.01. The zero-order valence-electron chi connectivity index (χ0n) is 13.1. The number of anilines is 2. The van der Waals surface area contributed by atoms with E-state index in [4.69, 9.17) is 0 Å². The van der Waals surface area contributed by atoms with E-state index in [1.807, 2.05) is 48.2 Å². The van der Waals surface area contributed by atoms with Crippen LogP contribution in [0, 0.1) is 6.92 Å². The lowest BCUT2D eigenvalue weighted by Gasteiger charge is -2.36. The van der Waals surface area contributed by atoms with Gasteiger partial charge in [0.2, 0.25) is 0 Å². The van der Waals surface area contributed by atoms with Crippen LogP contribution in [0.3, 0.4) is 0 Å². The van der Waals surface area contributed by atoms with Gasteiger partial charge in [0.15, 0.2) is 0 Å². The van der Waals surface area contributed by atoms with Gasteiger partial charge in [-0.1, -0.05) is 28.1 Å². The molecule has 1 aliphatic rings. The molecule has 23 heavy (non-hydrogen) atoms. The number of hydrogen-bond acceptors (Lipinski definition) is 2. The number of nitrogens with zero attached hydrogens (tertiary/aromatic N) is 2. The van der Waals surface area contributed by atoms with E-state index in [2.05, 4.69) is 38.3 Å². The molecule has 5 heteroatoms. The SMILES string of the molecule is Cc1cccc(NC(=O)N2CCN(c3ccc(Br)cc3)CC2)c1. The predicted molar refractivity (Wildman–Crippen MR) is 98.1 cm³/mol. The highest BCUT2D eigenvalue weighted by Crippen LogP contribution is 2.20. The minimum absolute atomic E-state index is 0.0222. The number of urea groups is 1. The molecular weight excluding hydrogens is 354 g/mol. The second-order valence-corrected chi connectivity index (χ2v) is 6.67. The highest BCUT2D eigenvalue weighted by atomic mass is 79.9. The van der Waals surface area contributed by atoms with Gasteiger partial charge in [-0.2, -0.15) is 0 Å². The van der Waals surface area contributed by atoms with E-state index in [9.17, 15) is 4.79 Å². The van der Waals surface area contributed by atoms with Crippen LogP contribution in [0.5, 0.6) is 0 Å². The normalized spacial score (nSPS) is 14.7. The first-order valence-electron chi connectivity index (χ1n) is 7.75. The summed E-state index contributed by atoms with van der Waals surface area (Å²) in [5, 5.41) is 2.98. The van der Waals surface area contributed by atoms with E-state index in [0.29, 0.717) is 0 Å². The molecule has 1 aliphatic heterocycles. The largest absolute Gasteiger partial charge is 0.368 e. The molecule has 0 aromatic heterocycles. The third-order valence-electron chi connectivity index (χ3n) is 4.03. The van der Waals surface area contributed by atoms with Gasteiger partial charge < -0.3 is 15.1 Å². The van der Waals surface area contributed by atoms with Crippen molar-refractivity contribution in [3.63, 3.8) is 0 Å². The molecule has 0 atom stereocenters. The van der Waals surface area contributed by atoms with Crippen molar-refractivity contribution in [2.24, 2.45) is 0 Å². The van der Waals surface area contributed by atoms with Gasteiger partial charge in [0, 0.05) is 42.0 Å². The smallest absolute Gasteiger partial charge is 0.321 e. The average Bonchev–Trinajstić information content (AvgIpc) is 2.56. The summed E-state index contributed by atoms with van der Waals surface area (Å²) in [6, 6.07) is 16.2. The third-order valence-corrected chi connectivity index (χ3v) is 4.56. The molecular formula is C18H20BrN3O. The van der Waals surface area contributed by atoms with Gasteiger partial charge in [-0.25, -0.2) is 4.79 Å². The molecule has 3 rings (SSSR count). The lowest BCUT2D eigenvalue weighted by atomic mass is 10.2. The Morgan fingerprint density at radius 2 is 1.74 bits per heavy atom. The first-order valence-corrected chi connectivity index (χ1v) is 8.54. The van der Waals surface area contributed by atoms with Gasteiger partial charge in [-0.05, 0) is 48.9 Å². The van der Waals surface area contributed by atoms with E-state index in [-0.39, 0.29) is 6.03 Å². The summed E-state index contributed by atoms with van der Waals surface area (Å²) in [6.07, 6.45) is 0. The van der Waals surface area contributed by atoms with Crippen molar-refractivity contribution in [2.75, 3.05) is 36.4 Å². The summed E-state index contributed by atoms with van der Waals surface area (Å²) < 4.78 is 1.08. The van der Waals surface area contributed by atoms with Crippen LogP contribution >= 0.6 is 15.9 Å². The Labute approximate surface area is 145 Å². The van der Waals surface area contributed by atoms with E-state index >= 15 is 0 Å². The molecule has 1 saturated heterocycles. The minimum atomic E-state index is -0.0222. The van der Waals surface area contributed by atoms with Gasteiger partial charge in [-0.3, -0.25) is 0 Å². The van der Waals surface area contributed by atoms with E-state index in [0.717, 1.165) is 41.9 Å². The second kappa shape index (κ2) is 7.04. The molecule has 0 unspecified atom stereocenters. The van der Waals surface area contributed by atoms with Gasteiger partial charge in [0.05, 0.1) is 0 Å². The number of piperazine rings is 1. The van der Waals surface area contributed by atoms with Crippen molar-refractivity contribution in [3.8, 4) is 0 Å². The number of benzene rings is 2. The Morgan fingerprint density at radius 1 is 1.04 bits per heavy atom. The van der Waals surface area contributed by atoms with Crippen LogP contribution in [0.2, 0.25) is 0 Å². The maximum absolute atomic E-state index is 12.4. The number of carbonyl (C=O) groups excluding carboxylic acids is 1. The molecule has 2 amide bonds. The van der Waals surface area contributed by atoms with Crippen molar-refractivity contribution in [3.05, 3.63) is 58.6 Å². The summed E-state index contributed by atoms with van der Waals surface area (Å²) in [5.41, 5.74) is 3.19. The maximum atomic E-state index is 12.4. The molecule has 0 radical (unpaired) electrons. The number of hydrogen-bond donors (Lipinski definition) is 1. The molecule has 1 N–H and O–H groups in total. The fourth-order valence-electron chi connectivity index (χ4n) is 2.74. The third kappa shape index (κ3) is 4.05. The molecule has 0 spiro atoms. The van der Waals surface area contributed by atoms with Gasteiger partial charge in [0.25, 0.3) is 0 Å². The van der Waals surface area contributed by atoms with Crippen LogP contribution in [-0.4, -0.2) is 37.1 Å². The average molecular weight is 374 g/mol. The molecule has 0 bridgehead atoms. The first kappa shape index (κ1) is 15.9. The van der Waals surface area contributed by atoms with Crippen LogP contribution in [0.25, 0.3) is 0 Å². The number of nitrogens with one attached hydrogen (secondary N) is 1. The second-order valence-electron chi connectivity index (χ2n) is 5.75. The van der Waals surface area contributed by atoms with Crippen LogP contribution in [-0.2, 0) is 0 Å². The van der Waals surface area contributed by atoms with Gasteiger partial charge >= 0.3 is 6.03 Å². The topological polar surface area (TPSA) is 35.6 Å². The summed E-state index contributed by atoms with van der Waals surface area (Å²) in [5.74, 6) is 0. The quantitative estimate of drug-likeness (QED) is 0.859. The Hall–Kier alpha value is -2.01. The molecule has 2 aromatic carbocycles. The highest BCUT2D eigenvalue weighted by molar-refractivity contribution is 9.10. The Kier molecular flexibility index (Phi) is 4.86. The monoisotopic (exact) mass is 373 g/mol. The molecule has 4 nitrogen and oxygen atoms in total. The van der Waals surface area contributed by atoms with Crippen molar-refractivity contribution >= 4 is 33.3 Å². The molecule has 1 fully saturated rings. The van der Waals surface area contributed by atoms with E-state index in [1.165, 1.54) is 5.69 Å². The van der Waals surface area contributed by atoms with Crippen molar-refractivity contribution in [1.82, 2.24) is 4.90 Å². The van der Waals surface area contributed by atoms with Crippen molar-refractivity contribution in [1.29, 1.82) is 0 Å². The Bertz CT molecular complexity index is 679. The van der Waals surface area contributed by atoms with E-state index < -0.39 is 0 Å². The molecule has 120 valence electrons. The lowest BCUT2D eigenvalue weighted by molar-refractivity contribution is 0.208. The minimum Gasteiger partial charge on any atom is -0.368 e. The zero-order valence-corrected chi connectivity index (χ0v) is 14.7. The summed E-state index contributed by atoms with van der Waals surface area (Å²) in [4.78, 5) is 16.5. The number of rotatable bonds is 2. The highest BCUT2D eigenvalue weighted by Gasteiger charge is 2.21. The molecule has 1 heterocycles. The maximum Gasteiger partial charge on any atom is 0.321 e. The fraction of sp³-hybridized carbons (Fsp3) is 0.278. The van der Waals surface area contributed by atoms with Crippen LogP contribution < -0.4 is 10.2 Å². The molecule has 0 saturated carbocycles. The number of halogens is 1. The number of carbonyl (C=O) groups is 1. The molecule has 0 aliphatic carbocycles. The van der Waals surface area contributed by atoms with Crippen LogP contribution in [0.1, 0.15) is 5.56 Å². The Balaban J connectivity index is 1.56. The van der Waals surface area contributed by atoms with E-state index in [1.54, 1.807) is 0 Å². The summed E-state index contributed by atoms with van der Waals surface area (Å²) in [7, 11) is 0.